The van der Waals surface area contributed by atoms with Gasteiger partial charge in [-0.2, -0.15) is 0 Å². The van der Waals surface area contributed by atoms with Gasteiger partial charge in [0.25, 0.3) is 0 Å². The van der Waals surface area contributed by atoms with E-state index in [9.17, 15) is 19.2 Å². The summed E-state index contributed by atoms with van der Waals surface area (Å²) in [6.07, 6.45) is -0.954. The molecule has 0 radical (unpaired) electrons. The third kappa shape index (κ3) is 2.73. The predicted molar refractivity (Wildman–Crippen MR) is 136 cm³/mol. The van der Waals surface area contributed by atoms with E-state index in [1.54, 1.807) is 36.4 Å². The molecule has 2 amide bonds. The van der Waals surface area contributed by atoms with Crippen molar-refractivity contribution in [3.05, 3.63) is 113 Å². The van der Waals surface area contributed by atoms with Crippen molar-refractivity contribution in [2.45, 2.75) is 18.6 Å². The number of benzene rings is 4. The standard InChI is InChI=1S/C31H21NO5/c1-17-13-15-19(16-14-17)32-29(35)24-25(30(32)36)31(27(33)22-10-4-5-11-23(22)28(31)34)37-26(24)21-12-6-8-18-7-2-3-9-20(18)21/h2-16,24-26H,1H3/t24-,25-,26+/m0/s1. The van der Waals surface area contributed by atoms with Crippen LogP contribution in [0.5, 0.6) is 0 Å². The van der Waals surface area contributed by atoms with Crippen molar-refractivity contribution in [2.75, 3.05) is 4.90 Å². The van der Waals surface area contributed by atoms with Crippen LogP contribution in [-0.4, -0.2) is 29.0 Å². The summed E-state index contributed by atoms with van der Waals surface area (Å²) in [4.78, 5) is 57.1. The number of amides is 2. The SMILES string of the molecule is Cc1ccc(N2C(=O)[C@@H]3[C@@H](c4cccc5ccccc45)OC4(C(=O)c5ccccc5C4=O)[C@@H]3C2=O)cc1. The molecule has 0 saturated carbocycles. The Bertz CT molecular complexity index is 1630. The second-order valence-corrected chi connectivity index (χ2v) is 9.90. The molecule has 0 aromatic heterocycles. The lowest BCUT2D eigenvalue weighted by Crippen LogP contribution is -2.51. The number of imide groups is 1. The fourth-order valence-corrected chi connectivity index (χ4v) is 6.25. The van der Waals surface area contributed by atoms with Crippen molar-refractivity contribution in [1.29, 1.82) is 0 Å². The van der Waals surface area contributed by atoms with Crippen molar-refractivity contribution >= 4 is 39.8 Å². The molecule has 0 bridgehead atoms. The molecule has 3 atom stereocenters. The molecular formula is C31H21NO5. The quantitative estimate of drug-likeness (QED) is 0.299. The zero-order valence-corrected chi connectivity index (χ0v) is 19.9. The first-order chi connectivity index (χ1) is 17.9. The molecule has 2 aliphatic heterocycles. The normalized spacial score (nSPS) is 23.8. The lowest BCUT2D eigenvalue weighted by Gasteiger charge is -2.27. The van der Waals surface area contributed by atoms with Crippen LogP contribution in [0.15, 0.2) is 91.0 Å². The van der Waals surface area contributed by atoms with Gasteiger partial charge in [-0.05, 0) is 35.4 Å². The van der Waals surface area contributed by atoms with Crippen LogP contribution in [0.25, 0.3) is 10.8 Å². The van der Waals surface area contributed by atoms with E-state index in [1.807, 2.05) is 61.5 Å². The van der Waals surface area contributed by atoms with Gasteiger partial charge in [-0.15, -0.1) is 0 Å². The number of ether oxygens (including phenoxy) is 1. The number of ketones is 2. The van der Waals surface area contributed by atoms with Crippen LogP contribution < -0.4 is 4.90 Å². The van der Waals surface area contributed by atoms with Crippen LogP contribution in [0.1, 0.15) is 37.9 Å². The van der Waals surface area contributed by atoms with Gasteiger partial charge in [-0.1, -0.05) is 84.4 Å². The van der Waals surface area contributed by atoms with E-state index < -0.39 is 46.9 Å². The summed E-state index contributed by atoms with van der Waals surface area (Å²) in [5.74, 6) is -4.46. The smallest absolute Gasteiger partial charge is 0.241 e. The van der Waals surface area contributed by atoms with Gasteiger partial charge in [0.15, 0.2) is 0 Å². The van der Waals surface area contributed by atoms with Crippen LogP contribution in [0.2, 0.25) is 0 Å². The van der Waals surface area contributed by atoms with Gasteiger partial charge in [0.05, 0.1) is 23.6 Å². The average Bonchev–Trinajstić information content (AvgIpc) is 3.49. The number of anilines is 1. The highest BCUT2D eigenvalue weighted by atomic mass is 16.5. The topological polar surface area (TPSA) is 80.8 Å². The van der Waals surface area contributed by atoms with E-state index in [2.05, 4.69) is 0 Å². The van der Waals surface area contributed by atoms with Crippen LogP contribution in [0.4, 0.5) is 5.69 Å². The fourth-order valence-electron chi connectivity index (χ4n) is 6.25. The molecule has 180 valence electrons. The minimum atomic E-state index is -2.08. The number of aryl methyl sites for hydroxylation is 1. The molecule has 4 aromatic rings. The minimum Gasteiger partial charge on any atom is -0.349 e. The Kier molecular flexibility index (Phi) is 4.45. The first-order valence-corrected chi connectivity index (χ1v) is 12.2. The lowest BCUT2D eigenvalue weighted by molar-refractivity contribution is -0.127. The van der Waals surface area contributed by atoms with Crippen LogP contribution >= 0.6 is 0 Å². The van der Waals surface area contributed by atoms with Gasteiger partial charge in [0, 0.05) is 11.1 Å². The Morgan fingerprint density at radius 3 is 2.03 bits per heavy atom. The number of hydrogen-bond acceptors (Lipinski definition) is 5. The maximum Gasteiger partial charge on any atom is 0.241 e. The molecule has 6 heteroatoms. The van der Waals surface area contributed by atoms with Crippen LogP contribution in [0.3, 0.4) is 0 Å². The summed E-state index contributed by atoms with van der Waals surface area (Å²) < 4.78 is 6.45. The molecular weight excluding hydrogens is 466 g/mol. The Morgan fingerprint density at radius 1 is 0.703 bits per heavy atom. The molecule has 2 fully saturated rings. The van der Waals surface area contributed by atoms with Crippen molar-refractivity contribution in [2.24, 2.45) is 11.8 Å². The van der Waals surface area contributed by atoms with Crippen molar-refractivity contribution in [3.8, 4) is 0 Å². The number of Topliss-reactive ketones (excluding diaryl/α,β-unsaturated/α-hetero) is 2. The molecule has 1 spiro atoms. The van der Waals surface area contributed by atoms with E-state index in [4.69, 9.17) is 4.74 Å². The molecule has 7 rings (SSSR count). The Labute approximate surface area is 212 Å². The predicted octanol–water partition coefficient (Wildman–Crippen LogP) is 4.84. The molecule has 4 aromatic carbocycles. The molecule has 2 heterocycles. The van der Waals surface area contributed by atoms with Gasteiger partial charge in [0.2, 0.25) is 29.0 Å². The van der Waals surface area contributed by atoms with Crippen molar-refractivity contribution in [3.63, 3.8) is 0 Å². The number of carbonyl (C=O) groups excluding carboxylic acids is 4. The highest BCUT2D eigenvalue weighted by molar-refractivity contribution is 6.37. The maximum absolute atomic E-state index is 14.0. The summed E-state index contributed by atoms with van der Waals surface area (Å²) in [6, 6.07) is 26.9. The average molecular weight is 488 g/mol. The van der Waals surface area contributed by atoms with Gasteiger partial charge in [-0.3, -0.25) is 19.2 Å². The summed E-state index contributed by atoms with van der Waals surface area (Å²) in [7, 11) is 0. The number of carbonyl (C=O) groups is 4. The van der Waals surface area contributed by atoms with E-state index >= 15 is 0 Å². The second kappa shape index (κ2) is 7.54. The number of rotatable bonds is 2. The Morgan fingerprint density at radius 2 is 1.32 bits per heavy atom. The molecule has 6 nitrogen and oxygen atoms in total. The first kappa shape index (κ1) is 21.8. The van der Waals surface area contributed by atoms with Crippen molar-refractivity contribution in [1.82, 2.24) is 0 Å². The molecule has 37 heavy (non-hydrogen) atoms. The van der Waals surface area contributed by atoms with Gasteiger partial charge < -0.3 is 4.74 Å². The van der Waals surface area contributed by atoms with E-state index in [-0.39, 0.29) is 11.1 Å². The molecule has 2 saturated heterocycles. The van der Waals surface area contributed by atoms with E-state index in [0.29, 0.717) is 11.3 Å². The maximum atomic E-state index is 14.0. The largest absolute Gasteiger partial charge is 0.349 e. The summed E-state index contributed by atoms with van der Waals surface area (Å²) in [5.41, 5.74) is 0.429. The summed E-state index contributed by atoms with van der Waals surface area (Å²) >= 11 is 0. The summed E-state index contributed by atoms with van der Waals surface area (Å²) in [5, 5.41) is 1.77. The molecule has 3 aliphatic rings. The van der Waals surface area contributed by atoms with E-state index in [1.165, 1.54) is 0 Å². The zero-order valence-electron chi connectivity index (χ0n) is 19.9. The van der Waals surface area contributed by atoms with Gasteiger partial charge in [0.1, 0.15) is 0 Å². The summed E-state index contributed by atoms with van der Waals surface area (Å²) in [6.45, 7) is 1.92. The molecule has 0 N–H and O–H groups in total. The minimum absolute atomic E-state index is 0.221. The van der Waals surface area contributed by atoms with Crippen LogP contribution in [-0.2, 0) is 14.3 Å². The molecule has 1 aliphatic carbocycles. The van der Waals surface area contributed by atoms with Crippen LogP contribution in [0, 0.1) is 18.8 Å². The third-order valence-corrected chi connectivity index (χ3v) is 7.94. The van der Waals surface area contributed by atoms with E-state index in [0.717, 1.165) is 21.2 Å². The first-order valence-electron chi connectivity index (χ1n) is 12.2. The Balaban J connectivity index is 1.46. The number of hydrogen-bond donors (Lipinski definition) is 0. The fraction of sp³-hybridized carbons (Fsp3) is 0.161. The monoisotopic (exact) mass is 487 g/mol. The highest BCUT2D eigenvalue weighted by Gasteiger charge is 2.74. The lowest BCUT2D eigenvalue weighted by atomic mass is 9.77. The highest BCUT2D eigenvalue weighted by Crippen LogP contribution is 2.58. The number of nitrogens with zero attached hydrogens (tertiary/aromatic N) is 1. The van der Waals surface area contributed by atoms with Crippen molar-refractivity contribution < 1.29 is 23.9 Å². The second-order valence-electron chi connectivity index (χ2n) is 9.90. The third-order valence-electron chi connectivity index (χ3n) is 7.94. The zero-order chi connectivity index (χ0) is 25.5. The van der Waals surface area contributed by atoms with Gasteiger partial charge in [-0.25, -0.2) is 4.90 Å². The Hall–Kier alpha value is -4.42. The molecule has 0 unspecified atom stereocenters. The van der Waals surface area contributed by atoms with Gasteiger partial charge >= 0.3 is 0 Å². The number of fused-ring (bicyclic) bond motifs is 4.